The maximum Gasteiger partial charge on any atom is 0.257 e. The summed E-state index contributed by atoms with van der Waals surface area (Å²) in [6, 6.07) is 24.2. The van der Waals surface area contributed by atoms with E-state index in [-0.39, 0.29) is 11.0 Å². The Hall–Kier alpha value is -3.26. The summed E-state index contributed by atoms with van der Waals surface area (Å²) in [4.78, 5) is 17.1. The number of hydrogen-bond acceptors (Lipinski definition) is 5. The van der Waals surface area contributed by atoms with Gasteiger partial charge >= 0.3 is 0 Å². The Labute approximate surface area is 200 Å². The Morgan fingerprint density at radius 3 is 2.59 bits per heavy atom. The van der Waals surface area contributed by atoms with Crippen LogP contribution in [0.15, 0.2) is 84.2 Å². The van der Waals surface area contributed by atoms with Crippen molar-refractivity contribution in [2.75, 3.05) is 5.32 Å². The molecule has 3 aromatic carbocycles. The quantitative estimate of drug-likeness (QED) is 0.324. The van der Waals surface area contributed by atoms with Crippen molar-refractivity contribution < 1.29 is 9.53 Å². The topological polar surface area (TPSA) is 63.2 Å². The standard InChI is InChI=1S/C24H18ClN3O2S2/c25-19-11-9-17(10-12-19)21-15-32-24(26-21)28-23(31)27-22(29)18-7-4-8-20(13-18)30-14-16-5-2-1-3-6-16/h1-13,15H,14H2,(H2,26,27,28,29,31). The first-order chi connectivity index (χ1) is 15.6. The van der Waals surface area contributed by atoms with Gasteiger partial charge in [-0.25, -0.2) is 4.98 Å². The SMILES string of the molecule is O=C(NC(=S)Nc1nc(-c2ccc(Cl)cc2)cs1)c1cccc(OCc2ccccc2)c1. The van der Waals surface area contributed by atoms with Gasteiger partial charge in [-0.2, -0.15) is 0 Å². The van der Waals surface area contributed by atoms with Crippen LogP contribution in [0.5, 0.6) is 5.75 Å². The summed E-state index contributed by atoms with van der Waals surface area (Å²) >= 11 is 12.6. The Morgan fingerprint density at radius 1 is 1.03 bits per heavy atom. The van der Waals surface area contributed by atoms with E-state index in [1.807, 2.05) is 66.0 Å². The van der Waals surface area contributed by atoms with E-state index in [1.54, 1.807) is 18.2 Å². The highest BCUT2D eigenvalue weighted by molar-refractivity contribution is 7.80. The van der Waals surface area contributed by atoms with Gasteiger partial charge in [0.25, 0.3) is 5.91 Å². The smallest absolute Gasteiger partial charge is 0.257 e. The minimum atomic E-state index is -0.331. The molecule has 0 saturated carbocycles. The number of thiocarbonyl (C=S) groups is 1. The van der Waals surface area contributed by atoms with Gasteiger partial charge in [0.15, 0.2) is 10.2 Å². The summed E-state index contributed by atoms with van der Waals surface area (Å²) in [5.41, 5.74) is 3.24. The second-order valence-corrected chi connectivity index (χ2v) is 8.46. The molecule has 0 spiro atoms. The van der Waals surface area contributed by atoms with Crippen LogP contribution in [0, 0.1) is 0 Å². The zero-order chi connectivity index (χ0) is 22.3. The summed E-state index contributed by atoms with van der Waals surface area (Å²) in [5.74, 6) is 0.273. The maximum absolute atomic E-state index is 12.6. The molecule has 2 N–H and O–H groups in total. The molecule has 0 atom stereocenters. The van der Waals surface area contributed by atoms with Gasteiger partial charge in [-0.15, -0.1) is 11.3 Å². The average Bonchev–Trinajstić information content (AvgIpc) is 3.27. The van der Waals surface area contributed by atoms with E-state index in [1.165, 1.54) is 11.3 Å². The van der Waals surface area contributed by atoms with Gasteiger partial charge in [0.2, 0.25) is 0 Å². The highest BCUT2D eigenvalue weighted by Crippen LogP contribution is 2.26. The van der Waals surface area contributed by atoms with Gasteiger partial charge in [0, 0.05) is 21.5 Å². The van der Waals surface area contributed by atoms with E-state index < -0.39 is 0 Å². The van der Waals surface area contributed by atoms with Crippen LogP contribution in [0.25, 0.3) is 11.3 Å². The van der Waals surface area contributed by atoms with Crippen LogP contribution in [0.1, 0.15) is 15.9 Å². The molecule has 1 heterocycles. The van der Waals surface area contributed by atoms with Crippen LogP contribution in [-0.2, 0) is 6.61 Å². The van der Waals surface area contributed by atoms with E-state index in [9.17, 15) is 4.79 Å². The number of nitrogens with zero attached hydrogens (tertiary/aromatic N) is 1. The molecule has 4 rings (SSSR count). The number of amides is 1. The van der Waals surface area contributed by atoms with E-state index in [2.05, 4.69) is 15.6 Å². The molecular weight excluding hydrogens is 462 g/mol. The first-order valence-corrected chi connectivity index (χ1v) is 11.3. The molecule has 0 aliphatic rings. The third kappa shape index (κ3) is 5.91. The summed E-state index contributed by atoms with van der Waals surface area (Å²) in [5, 5.41) is 8.96. The molecular formula is C24H18ClN3O2S2. The van der Waals surface area contributed by atoms with Gasteiger partial charge in [-0.1, -0.05) is 60.1 Å². The number of nitrogens with one attached hydrogen (secondary N) is 2. The van der Waals surface area contributed by atoms with Crippen molar-refractivity contribution in [2.24, 2.45) is 0 Å². The second kappa shape index (κ2) is 10.4. The third-order valence-corrected chi connectivity index (χ3v) is 5.65. The molecule has 0 fully saturated rings. The van der Waals surface area contributed by atoms with Crippen molar-refractivity contribution in [1.82, 2.24) is 10.3 Å². The highest BCUT2D eigenvalue weighted by Gasteiger charge is 2.11. The molecule has 0 bridgehead atoms. The number of hydrogen-bond donors (Lipinski definition) is 2. The van der Waals surface area contributed by atoms with Crippen molar-refractivity contribution in [2.45, 2.75) is 6.61 Å². The van der Waals surface area contributed by atoms with E-state index >= 15 is 0 Å². The number of thiazole rings is 1. The zero-order valence-corrected chi connectivity index (χ0v) is 19.1. The van der Waals surface area contributed by atoms with Crippen molar-refractivity contribution in [3.63, 3.8) is 0 Å². The fourth-order valence-corrected chi connectivity index (χ4v) is 3.96. The summed E-state index contributed by atoms with van der Waals surface area (Å²) in [6.07, 6.45) is 0. The monoisotopic (exact) mass is 479 g/mol. The van der Waals surface area contributed by atoms with Crippen LogP contribution in [0.3, 0.4) is 0 Å². The molecule has 0 aliphatic heterocycles. The van der Waals surface area contributed by atoms with Crippen molar-refractivity contribution in [3.05, 3.63) is 100 Å². The van der Waals surface area contributed by atoms with Crippen LogP contribution in [0.4, 0.5) is 5.13 Å². The van der Waals surface area contributed by atoms with E-state index in [4.69, 9.17) is 28.6 Å². The Morgan fingerprint density at radius 2 is 1.81 bits per heavy atom. The number of halogens is 1. The summed E-state index contributed by atoms with van der Waals surface area (Å²) in [7, 11) is 0. The maximum atomic E-state index is 12.6. The number of benzene rings is 3. The van der Waals surface area contributed by atoms with Crippen LogP contribution < -0.4 is 15.4 Å². The largest absolute Gasteiger partial charge is 0.489 e. The minimum absolute atomic E-state index is 0.169. The van der Waals surface area contributed by atoms with Gasteiger partial charge in [0.1, 0.15) is 12.4 Å². The lowest BCUT2D eigenvalue weighted by molar-refractivity contribution is 0.0977. The van der Waals surface area contributed by atoms with E-state index in [0.717, 1.165) is 16.8 Å². The molecule has 32 heavy (non-hydrogen) atoms. The molecule has 1 aromatic heterocycles. The molecule has 8 heteroatoms. The first kappa shape index (κ1) is 22.0. The summed E-state index contributed by atoms with van der Waals surface area (Å²) < 4.78 is 5.79. The van der Waals surface area contributed by atoms with E-state index in [0.29, 0.717) is 28.1 Å². The number of ether oxygens (including phenoxy) is 1. The van der Waals surface area contributed by atoms with Gasteiger partial charge < -0.3 is 10.1 Å². The molecule has 5 nitrogen and oxygen atoms in total. The van der Waals surface area contributed by atoms with Crippen LogP contribution >= 0.6 is 35.2 Å². The van der Waals surface area contributed by atoms with Crippen LogP contribution in [-0.4, -0.2) is 16.0 Å². The zero-order valence-electron chi connectivity index (χ0n) is 16.7. The summed E-state index contributed by atoms with van der Waals surface area (Å²) in [6.45, 7) is 0.423. The number of carbonyl (C=O) groups is 1. The number of anilines is 1. The average molecular weight is 480 g/mol. The third-order valence-electron chi connectivity index (χ3n) is 4.44. The molecule has 0 saturated heterocycles. The Kier molecular flexibility index (Phi) is 7.11. The Balaban J connectivity index is 1.34. The number of aromatic nitrogens is 1. The van der Waals surface area contributed by atoms with Gasteiger partial charge in [-0.05, 0) is 48.1 Å². The molecule has 1 amide bonds. The van der Waals surface area contributed by atoms with Crippen molar-refractivity contribution >= 4 is 51.3 Å². The second-order valence-electron chi connectivity index (χ2n) is 6.76. The van der Waals surface area contributed by atoms with Gasteiger partial charge in [0.05, 0.1) is 5.69 Å². The molecule has 0 radical (unpaired) electrons. The lowest BCUT2D eigenvalue weighted by Gasteiger charge is -2.10. The fourth-order valence-electron chi connectivity index (χ4n) is 2.86. The highest BCUT2D eigenvalue weighted by atomic mass is 35.5. The molecule has 160 valence electrons. The predicted molar refractivity (Wildman–Crippen MR) is 133 cm³/mol. The van der Waals surface area contributed by atoms with Crippen molar-refractivity contribution in [3.8, 4) is 17.0 Å². The number of rotatable bonds is 6. The lowest BCUT2D eigenvalue weighted by Crippen LogP contribution is -2.34. The molecule has 0 unspecified atom stereocenters. The van der Waals surface area contributed by atoms with Gasteiger partial charge in [-0.3, -0.25) is 10.1 Å². The minimum Gasteiger partial charge on any atom is -0.489 e. The Bertz CT molecular complexity index is 1230. The predicted octanol–water partition coefficient (Wildman–Crippen LogP) is 6.17. The van der Waals surface area contributed by atoms with Crippen LogP contribution in [0.2, 0.25) is 5.02 Å². The fraction of sp³-hybridized carbons (Fsp3) is 0.0417. The first-order valence-electron chi connectivity index (χ1n) is 9.67. The normalized spacial score (nSPS) is 10.4. The van der Waals surface area contributed by atoms with Crippen molar-refractivity contribution in [1.29, 1.82) is 0 Å². The number of carbonyl (C=O) groups excluding carboxylic acids is 1. The molecule has 4 aromatic rings. The molecule has 0 aliphatic carbocycles. The lowest BCUT2D eigenvalue weighted by atomic mass is 10.2.